The Morgan fingerprint density at radius 2 is 1.85 bits per heavy atom. The zero-order chi connectivity index (χ0) is 23.9. The van der Waals surface area contributed by atoms with Crippen molar-refractivity contribution in [2.45, 2.75) is 25.1 Å². The third-order valence-electron chi connectivity index (χ3n) is 5.74. The SMILES string of the molecule is O=C(NCCSCc1c(Cl)cccc1Cl)C1CCN(Cc2nc(-c3ccc(F)cc3)no2)CC1. The number of thioether (sulfide) groups is 1. The maximum absolute atomic E-state index is 13.1. The van der Waals surface area contributed by atoms with Gasteiger partial charge in [-0.25, -0.2) is 4.39 Å². The molecule has 0 unspecified atom stereocenters. The van der Waals surface area contributed by atoms with Gasteiger partial charge < -0.3 is 9.84 Å². The molecule has 2 aromatic carbocycles. The largest absolute Gasteiger partial charge is 0.355 e. The minimum Gasteiger partial charge on any atom is -0.355 e. The van der Waals surface area contributed by atoms with Crippen LogP contribution in [-0.2, 0) is 17.1 Å². The van der Waals surface area contributed by atoms with Crippen LogP contribution >= 0.6 is 35.0 Å². The molecule has 0 saturated carbocycles. The van der Waals surface area contributed by atoms with E-state index in [9.17, 15) is 9.18 Å². The van der Waals surface area contributed by atoms with E-state index < -0.39 is 0 Å². The molecule has 1 fully saturated rings. The van der Waals surface area contributed by atoms with E-state index in [4.69, 9.17) is 27.7 Å². The summed E-state index contributed by atoms with van der Waals surface area (Å²) >= 11 is 14.1. The quantitative estimate of drug-likeness (QED) is 0.377. The molecule has 180 valence electrons. The number of aromatic nitrogens is 2. The molecule has 0 spiro atoms. The number of hydrogen-bond acceptors (Lipinski definition) is 6. The summed E-state index contributed by atoms with van der Waals surface area (Å²) in [5.41, 5.74) is 1.64. The summed E-state index contributed by atoms with van der Waals surface area (Å²) in [7, 11) is 0. The highest BCUT2D eigenvalue weighted by Crippen LogP contribution is 2.28. The van der Waals surface area contributed by atoms with Gasteiger partial charge in [0.2, 0.25) is 17.6 Å². The molecule has 4 rings (SSSR count). The van der Waals surface area contributed by atoms with E-state index in [1.807, 2.05) is 18.2 Å². The number of nitrogens with one attached hydrogen (secondary N) is 1. The lowest BCUT2D eigenvalue weighted by Crippen LogP contribution is -2.40. The summed E-state index contributed by atoms with van der Waals surface area (Å²) in [6, 6.07) is 11.5. The van der Waals surface area contributed by atoms with Crippen LogP contribution in [0.3, 0.4) is 0 Å². The van der Waals surface area contributed by atoms with E-state index in [0.717, 1.165) is 37.2 Å². The van der Waals surface area contributed by atoms with Gasteiger partial charge >= 0.3 is 0 Å². The number of carbonyl (C=O) groups is 1. The molecule has 0 atom stereocenters. The molecule has 2 heterocycles. The molecular formula is C24H25Cl2FN4O2S. The van der Waals surface area contributed by atoms with E-state index >= 15 is 0 Å². The van der Waals surface area contributed by atoms with E-state index in [0.29, 0.717) is 46.2 Å². The number of carbonyl (C=O) groups excluding carboxylic acids is 1. The van der Waals surface area contributed by atoms with Gasteiger partial charge in [-0.15, -0.1) is 0 Å². The fourth-order valence-corrected chi connectivity index (χ4v) is 5.41. The first-order chi connectivity index (χ1) is 16.5. The zero-order valence-electron chi connectivity index (χ0n) is 18.5. The summed E-state index contributed by atoms with van der Waals surface area (Å²) in [5.74, 6) is 2.27. The summed E-state index contributed by atoms with van der Waals surface area (Å²) in [6.07, 6.45) is 1.57. The first-order valence-corrected chi connectivity index (χ1v) is 13.0. The standard InChI is InChI=1S/C24H25Cl2FN4O2S/c25-20-2-1-3-21(26)19(20)15-34-13-10-28-24(32)17-8-11-31(12-9-17)14-22-29-23(30-33-22)16-4-6-18(27)7-5-16/h1-7,17H,8-15H2,(H,28,32). The van der Waals surface area contributed by atoms with E-state index in [1.165, 1.54) is 12.1 Å². The number of nitrogens with zero attached hydrogens (tertiary/aromatic N) is 3. The Morgan fingerprint density at radius 1 is 1.15 bits per heavy atom. The predicted octanol–water partition coefficient (Wildman–Crippen LogP) is 5.44. The van der Waals surface area contributed by atoms with Crippen molar-refractivity contribution >= 4 is 40.9 Å². The van der Waals surface area contributed by atoms with Crippen LogP contribution in [-0.4, -0.2) is 46.3 Å². The number of hydrogen-bond donors (Lipinski definition) is 1. The Balaban J connectivity index is 1.15. The molecule has 1 N–H and O–H groups in total. The first-order valence-electron chi connectivity index (χ1n) is 11.1. The molecule has 6 nitrogen and oxygen atoms in total. The van der Waals surface area contributed by atoms with Crippen molar-refractivity contribution in [3.8, 4) is 11.4 Å². The lowest BCUT2D eigenvalue weighted by Gasteiger charge is -2.30. The third-order valence-corrected chi connectivity index (χ3v) is 7.44. The van der Waals surface area contributed by atoms with E-state index in [1.54, 1.807) is 23.9 Å². The Bertz CT molecular complexity index is 1080. The normalized spacial score (nSPS) is 14.9. The van der Waals surface area contributed by atoms with Crippen LogP contribution in [0.4, 0.5) is 4.39 Å². The average Bonchev–Trinajstić information content (AvgIpc) is 3.30. The molecule has 3 aromatic rings. The van der Waals surface area contributed by atoms with Crippen LogP contribution in [0.2, 0.25) is 10.0 Å². The van der Waals surface area contributed by atoms with Crippen molar-refractivity contribution < 1.29 is 13.7 Å². The van der Waals surface area contributed by atoms with Crippen molar-refractivity contribution in [2.75, 3.05) is 25.4 Å². The number of rotatable bonds is 9. The fraction of sp³-hybridized carbons (Fsp3) is 0.375. The average molecular weight is 523 g/mol. The van der Waals surface area contributed by atoms with Crippen LogP contribution in [0.1, 0.15) is 24.3 Å². The number of amides is 1. The highest BCUT2D eigenvalue weighted by Gasteiger charge is 2.25. The van der Waals surface area contributed by atoms with Crippen LogP contribution < -0.4 is 5.32 Å². The second-order valence-electron chi connectivity index (χ2n) is 8.11. The monoisotopic (exact) mass is 522 g/mol. The van der Waals surface area contributed by atoms with Gasteiger partial charge in [-0.3, -0.25) is 9.69 Å². The number of halogens is 3. The van der Waals surface area contributed by atoms with Gasteiger partial charge in [0, 0.05) is 39.6 Å². The van der Waals surface area contributed by atoms with Gasteiger partial charge in [0.25, 0.3) is 0 Å². The van der Waals surface area contributed by atoms with Gasteiger partial charge in [0.15, 0.2) is 0 Å². The molecule has 34 heavy (non-hydrogen) atoms. The topological polar surface area (TPSA) is 71.3 Å². The predicted molar refractivity (Wildman–Crippen MR) is 133 cm³/mol. The van der Waals surface area contributed by atoms with Gasteiger partial charge in [-0.2, -0.15) is 16.7 Å². The summed E-state index contributed by atoms with van der Waals surface area (Å²) in [5, 5.41) is 8.37. The van der Waals surface area contributed by atoms with Crippen molar-refractivity contribution in [2.24, 2.45) is 5.92 Å². The van der Waals surface area contributed by atoms with Crippen molar-refractivity contribution in [3.63, 3.8) is 0 Å². The van der Waals surface area contributed by atoms with Crippen LogP contribution in [0, 0.1) is 11.7 Å². The van der Waals surface area contributed by atoms with Gasteiger partial charge in [0.1, 0.15) is 5.82 Å². The van der Waals surface area contributed by atoms with Crippen LogP contribution in [0.5, 0.6) is 0 Å². The molecule has 1 aliphatic rings. The molecule has 1 aliphatic heterocycles. The maximum Gasteiger partial charge on any atom is 0.241 e. The molecule has 10 heteroatoms. The molecule has 0 aliphatic carbocycles. The Labute approximate surface area is 212 Å². The second-order valence-corrected chi connectivity index (χ2v) is 10.0. The second kappa shape index (κ2) is 12.0. The van der Waals surface area contributed by atoms with Crippen LogP contribution in [0.15, 0.2) is 47.0 Å². The lowest BCUT2D eigenvalue weighted by molar-refractivity contribution is -0.126. The number of likely N-dealkylation sites (tertiary alicyclic amines) is 1. The van der Waals surface area contributed by atoms with Crippen LogP contribution in [0.25, 0.3) is 11.4 Å². The maximum atomic E-state index is 13.1. The molecular weight excluding hydrogens is 498 g/mol. The fourth-order valence-electron chi connectivity index (χ4n) is 3.82. The van der Waals surface area contributed by atoms with Gasteiger partial charge in [-0.05, 0) is 67.9 Å². The summed E-state index contributed by atoms with van der Waals surface area (Å²) < 4.78 is 18.4. The Kier molecular flexibility index (Phi) is 8.83. The van der Waals surface area contributed by atoms with Gasteiger partial charge in [0.05, 0.1) is 6.54 Å². The highest BCUT2D eigenvalue weighted by atomic mass is 35.5. The van der Waals surface area contributed by atoms with E-state index in [2.05, 4.69) is 20.4 Å². The number of piperidine rings is 1. The van der Waals surface area contributed by atoms with Crippen molar-refractivity contribution in [1.29, 1.82) is 0 Å². The van der Waals surface area contributed by atoms with Gasteiger partial charge in [-0.1, -0.05) is 34.4 Å². The molecule has 1 saturated heterocycles. The lowest BCUT2D eigenvalue weighted by atomic mass is 9.96. The Hall–Kier alpha value is -2.13. The minimum absolute atomic E-state index is 0.0109. The highest BCUT2D eigenvalue weighted by molar-refractivity contribution is 7.98. The molecule has 1 aromatic heterocycles. The molecule has 1 amide bonds. The molecule has 0 bridgehead atoms. The minimum atomic E-state index is -0.305. The molecule has 0 radical (unpaired) electrons. The van der Waals surface area contributed by atoms with Crippen molar-refractivity contribution in [3.05, 3.63) is 69.8 Å². The zero-order valence-corrected chi connectivity index (χ0v) is 20.8. The number of benzene rings is 2. The van der Waals surface area contributed by atoms with Crippen molar-refractivity contribution in [1.82, 2.24) is 20.4 Å². The summed E-state index contributed by atoms with van der Waals surface area (Å²) in [4.78, 5) is 19.2. The summed E-state index contributed by atoms with van der Waals surface area (Å²) in [6.45, 7) is 2.71. The first kappa shape index (κ1) is 25.0. The third kappa shape index (κ3) is 6.72. The smallest absolute Gasteiger partial charge is 0.241 e. The Morgan fingerprint density at radius 3 is 2.56 bits per heavy atom. The van der Waals surface area contributed by atoms with E-state index in [-0.39, 0.29) is 17.6 Å².